The van der Waals surface area contributed by atoms with Gasteiger partial charge in [-0.3, -0.25) is 0 Å². The minimum atomic E-state index is 0.0501. The van der Waals surface area contributed by atoms with E-state index in [9.17, 15) is 4.79 Å². The molecule has 1 N–H and O–H groups in total. The fourth-order valence-electron chi connectivity index (χ4n) is 2.04. The fourth-order valence-corrected chi connectivity index (χ4v) is 2.04. The summed E-state index contributed by atoms with van der Waals surface area (Å²) in [6.45, 7) is 6.46. The maximum absolute atomic E-state index is 11.4. The smallest absolute Gasteiger partial charge is 0.317 e. The van der Waals surface area contributed by atoms with E-state index >= 15 is 0 Å². The molecule has 1 aliphatic rings. The number of nitrogens with one attached hydrogen (secondary N) is 1. The molecule has 0 saturated carbocycles. The number of carbonyl (C=O) groups excluding carboxylic acids is 1. The highest BCUT2D eigenvalue weighted by Crippen LogP contribution is 2.12. The lowest BCUT2D eigenvalue weighted by Gasteiger charge is -2.14. The Hall–Kier alpha value is -1.51. The Bertz CT molecular complexity index is 367. The van der Waals surface area contributed by atoms with Gasteiger partial charge in [-0.2, -0.15) is 0 Å². The summed E-state index contributed by atoms with van der Waals surface area (Å²) in [5.41, 5.74) is 3.72. The van der Waals surface area contributed by atoms with Gasteiger partial charge in [0, 0.05) is 19.6 Å². The van der Waals surface area contributed by atoms with E-state index in [1.54, 1.807) is 0 Å². The minimum absolute atomic E-state index is 0.0501. The third kappa shape index (κ3) is 2.29. The number of amides is 2. The molecule has 1 fully saturated rings. The molecule has 0 spiro atoms. The van der Waals surface area contributed by atoms with Crippen LogP contribution in [0.25, 0.3) is 0 Å². The van der Waals surface area contributed by atoms with Gasteiger partial charge in [-0.1, -0.05) is 29.3 Å². The van der Waals surface area contributed by atoms with Gasteiger partial charge in [-0.25, -0.2) is 4.79 Å². The predicted octanol–water partition coefficient (Wildman–Crippen LogP) is 1.83. The zero-order chi connectivity index (χ0) is 10.8. The van der Waals surface area contributed by atoms with Gasteiger partial charge in [0.25, 0.3) is 0 Å². The molecule has 1 saturated heterocycles. The number of hydrogen-bond donors (Lipinski definition) is 1. The average molecular weight is 204 g/mol. The molecule has 1 aromatic rings. The van der Waals surface area contributed by atoms with Crippen LogP contribution in [-0.2, 0) is 6.54 Å². The molecule has 1 aromatic carbocycles. The van der Waals surface area contributed by atoms with Crippen LogP contribution < -0.4 is 5.32 Å². The Morgan fingerprint density at radius 2 is 1.93 bits per heavy atom. The van der Waals surface area contributed by atoms with E-state index in [4.69, 9.17) is 0 Å². The highest BCUT2D eigenvalue weighted by molar-refractivity contribution is 5.76. The molecule has 2 amide bonds. The lowest BCUT2D eigenvalue weighted by Crippen LogP contribution is -2.27. The van der Waals surface area contributed by atoms with Crippen LogP contribution in [0.15, 0.2) is 18.2 Å². The number of rotatable bonds is 2. The normalized spacial score (nSPS) is 15.6. The van der Waals surface area contributed by atoms with E-state index in [1.165, 1.54) is 16.7 Å². The highest BCUT2D eigenvalue weighted by atomic mass is 16.2. The van der Waals surface area contributed by atoms with Crippen molar-refractivity contribution < 1.29 is 4.79 Å². The number of benzene rings is 1. The van der Waals surface area contributed by atoms with Crippen molar-refractivity contribution in [3.63, 3.8) is 0 Å². The van der Waals surface area contributed by atoms with Gasteiger partial charge in [-0.05, 0) is 19.4 Å². The van der Waals surface area contributed by atoms with Gasteiger partial charge in [0.1, 0.15) is 0 Å². The highest BCUT2D eigenvalue weighted by Gasteiger charge is 2.19. The predicted molar refractivity (Wildman–Crippen MR) is 59.7 cm³/mol. The number of urea groups is 1. The van der Waals surface area contributed by atoms with Crippen molar-refractivity contribution in [2.24, 2.45) is 0 Å². The first-order valence-corrected chi connectivity index (χ1v) is 5.25. The second kappa shape index (κ2) is 3.93. The molecular formula is C12H16N2O. The van der Waals surface area contributed by atoms with Gasteiger partial charge in [-0.15, -0.1) is 0 Å². The second-order valence-electron chi connectivity index (χ2n) is 4.15. The molecule has 0 radical (unpaired) electrons. The van der Waals surface area contributed by atoms with Gasteiger partial charge in [0.15, 0.2) is 0 Å². The summed E-state index contributed by atoms with van der Waals surface area (Å²) in [6, 6.07) is 6.47. The molecule has 2 rings (SSSR count). The van der Waals surface area contributed by atoms with E-state index in [-0.39, 0.29) is 6.03 Å². The largest absolute Gasteiger partial charge is 0.336 e. The number of carbonyl (C=O) groups is 1. The van der Waals surface area contributed by atoms with Gasteiger partial charge >= 0.3 is 6.03 Å². The fraction of sp³-hybridized carbons (Fsp3) is 0.417. The minimum Gasteiger partial charge on any atom is -0.336 e. The van der Waals surface area contributed by atoms with E-state index in [1.807, 2.05) is 4.90 Å². The molecule has 1 aliphatic heterocycles. The average Bonchev–Trinajstić information content (AvgIpc) is 2.50. The van der Waals surface area contributed by atoms with Gasteiger partial charge in [0.2, 0.25) is 0 Å². The Labute approximate surface area is 90.1 Å². The van der Waals surface area contributed by atoms with Crippen LogP contribution in [0.1, 0.15) is 16.7 Å². The summed E-state index contributed by atoms with van der Waals surface area (Å²) >= 11 is 0. The number of nitrogens with zero attached hydrogens (tertiary/aromatic N) is 1. The molecule has 0 bridgehead atoms. The first-order valence-electron chi connectivity index (χ1n) is 5.25. The van der Waals surface area contributed by atoms with Gasteiger partial charge < -0.3 is 10.2 Å². The number of aryl methyl sites for hydroxylation is 2. The quantitative estimate of drug-likeness (QED) is 0.783. The summed E-state index contributed by atoms with van der Waals surface area (Å²) in [7, 11) is 0. The molecule has 0 atom stereocenters. The van der Waals surface area contributed by atoms with Crippen LogP contribution in [-0.4, -0.2) is 24.0 Å². The van der Waals surface area contributed by atoms with Crippen LogP contribution in [0.4, 0.5) is 4.79 Å². The molecule has 3 nitrogen and oxygen atoms in total. The third-order valence-electron chi connectivity index (χ3n) is 2.60. The Morgan fingerprint density at radius 3 is 2.47 bits per heavy atom. The van der Waals surface area contributed by atoms with Crippen LogP contribution in [0.5, 0.6) is 0 Å². The zero-order valence-corrected chi connectivity index (χ0v) is 9.21. The number of hydrogen-bond acceptors (Lipinski definition) is 1. The first-order chi connectivity index (χ1) is 7.15. The van der Waals surface area contributed by atoms with Crippen LogP contribution in [0.2, 0.25) is 0 Å². The molecule has 0 unspecified atom stereocenters. The summed E-state index contributed by atoms with van der Waals surface area (Å²) < 4.78 is 0. The van der Waals surface area contributed by atoms with E-state index in [0.29, 0.717) is 6.54 Å². The molecule has 3 heteroatoms. The lowest BCUT2D eigenvalue weighted by atomic mass is 10.1. The molecule has 1 heterocycles. The second-order valence-corrected chi connectivity index (χ2v) is 4.15. The summed E-state index contributed by atoms with van der Waals surface area (Å²) in [5, 5.41) is 2.81. The van der Waals surface area contributed by atoms with Crippen LogP contribution in [0.3, 0.4) is 0 Å². The standard InChI is InChI=1S/C12H16N2O/c1-9-5-10(2)7-11(6-9)8-14-4-3-13-12(14)15/h5-7H,3-4,8H2,1-2H3,(H,13,15). The topological polar surface area (TPSA) is 32.3 Å². The van der Waals surface area contributed by atoms with Crippen molar-refractivity contribution in [1.82, 2.24) is 10.2 Å². The Balaban J connectivity index is 2.13. The van der Waals surface area contributed by atoms with Crippen molar-refractivity contribution in [1.29, 1.82) is 0 Å². The zero-order valence-electron chi connectivity index (χ0n) is 9.21. The maximum Gasteiger partial charge on any atom is 0.317 e. The van der Waals surface area contributed by atoms with Crippen molar-refractivity contribution in [3.05, 3.63) is 34.9 Å². The van der Waals surface area contributed by atoms with Crippen molar-refractivity contribution in [2.75, 3.05) is 13.1 Å². The first kappa shape index (κ1) is 10.0. The van der Waals surface area contributed by atoms with Crippen molar-refractivity contribution >= 4 is 6.03 Å². The monoisotopic (exact) mass is 204 g/mol. The van der Waals surface area contributed by atoms with Gasteiger partial charge in [0.05, 0.1) is 0 Å². The molecule has 0 aliphatic carbocycles. The molecule has 80 valence electrons. The van der Waals surface area contributed by atoms with Crippen molar-refractivity contribution in [2.45, 2.75) is 20.4 Å². The van der Waals surface area contributed by atoms with E-state index in [0.717, 1.165) is 13.1 Å². The van der Waals surface area contributed by atoms with E-state index < -0.39 is 0 Å². The summed E-state index contributed by atoms with van der Waals surface area (Å²) in [5.74, 6) is 0. The summed E-state index contributed by atoms with van der Waals surface area (Å²) in [6.07, 6.45) is 0. The third-order valence-corrected chi connectivity index (χ3v) is 2.60. The van der Waals surface area contributed by atoms with E-state index in [2.05, 4.69) is 37.4 Å². The summed E-state index contributed by atoms with van der Waals surface area (Å²) in [4.78, 5) is 13.2. The molecular weight excluding hydrogens is 188 g/mol. The maximum atomic E-state index is 11.4. The molecule has 15 heavy (non-hydrogen) atoms. The Morgan fingerprint density at radius 1 is 1.27 bits per heavy atom. The van der Waals surface area contributed by atoms with Crippen LogP contribution in [0, 0.1) is 13.8 Å². The SMILES string of the molecule is Cc1cc(C)cc(CN2CCNC2=O)c1. The van der Waals surface area contributed by atoms with Crippen molar-refractivity contribution in [3.8, 4) is 0 Å². The Kier molecular flexibility index (Phi) is 2.62. The van der Waals surface area contributed by atoms with Crippen LogP contribution >= 0.6 is 0 Å². The molecule has 0 aromatic heterocycles. The lowest BCUT2D eigenvalue weighted by molar-refractivity contribution is 0.215.